The number of esters is 1. The topological polar surface area (TPSA) is 68.5 Å². The SMILES string of the molecule is Cc1cccc(C)c1NC(=O)COC(=O)c1cc2ccccc2o1. The number of carbonyl (C=O) groups is 2. The second-order valence-corrected chi connectivity index (χ2v) is 5.54. The Kier molecular flexibility index (Phi) is 4.33. The van der Waals surface area contributed by atoms with Crippen molar-refractivity contribution in [1.82, 2.24) is 0 Å². The summed E-state index contributed by atoms with van der Waals surface area (Å²) >= 11 is 0. The molecule has 0 atom stereocenters. The predicted molar refractivity (Wildman–Crippen MR) is 91.0 cm³/mol. The minimum Gasteiger partial charge on any atom is -0.450 e. The fraction of sp³-hybridized carbons (Fsp3) is 0.158. The number of furan rings is 1. The second-order valence-electron chi connectivity index (χ2n) is 5.54. The van der Waals surface area contributed by atoms with Crippen molar-refractivity contribution in [2.45, 2.75) is 13.8 Å². The van der Waals surface area contributed by atoms with Gasteiger partial charge in [0.2, 0.25) is 5.76 Å². The highest BCUT2D eigenvalue weighted by Gasteiger charge is 2.16. The average molecular weight is 323 g/mol. The lowest BCUT2D eigenvalue weighted by Crippen LogP contribution is -2.21. The molecule has 0 aliphatic rings. The predicted octanol–water partition coefficient (Wildman–Crippen LogP) is 3.85. The largest absolute Gasteiger partial charge is 0.450 e. The van der Waals surface area contributed by atoms with Crippen molar-refractivity contribution < 1.29 is 18.7 Å². The Morgan fingerprint density at radius 1 is 1.04 bits per heavy atom. The molecule has 122 valence electrons. The zero-order valence-electron chi connectivity index (χ0n) is 13.5. The summed E-state index contributed by atoms with van der Waals surface area (Å²) in [7, 11) is 0. The van der Waals surface area contributed by atoms with Gasteiger partial charge in [-0.25, -0.2) is 4.79 Å². The molecule has 1 heterocycles. The highest BCUT2D eigenvalue weighted by Crippen LogP contribution is 2.20. The van der Waals surface area contributed by atoms with Gasteiger partial charge in [-0.3, -0.25) is 4.79 Å². The minimum absolute atomic E-state index is 0.0797. The number of aryl methyl sites for hydroxylation is 2. The first-order chi connectivity index (χ1) is 11.5. The van der Waals surface area contributed by atoms with E-state index in [0.717, 1.165) is 22.2 Å². The van der Waals surface area contributed by atoms with Crippen molar-refractivity contribution in [3.63, 3.8) is 0 Å². The first-order valence-electron chi connectivity index (χ1n) is 7.56. The number of benzene rings is 2. The Hall–Kier alpha value is -3.08. The summed E-state index contributed by atoms with van der Waals surface area (Å²) in [5, 5.41) is 3.57. The van der Waals surface area contributed by atoms with Gasteiger partial charge in [0.1, 0.15) is 5.58 Å². The highest BCUT2D eigenvalue weighted by atomic mass is 16.5. The van der Waals surface area contributed by atoms with Gasteiger partial charge in [-0.15, -0.1) is 0 Å². The lowest BCUT2D eigenvalue weighted by molar-refractivity contribution is -0.119. The van der Waals surface area contributed by atoms with E-state index in [1.807, 2.05) is 50.2 Å². The van der Waals surface area contributed by atoms with Crippen LogP contribution in [0.25, 0.3) is 11.0 Å². The van der Waals surface area contributed by atoms with Crippen LogP contribution in [0.3, 0.4) is 0 Å². The second kappa shape index (κ2) is 6.58. The summed E-state index contributed by atoms with van der Waals surface area (Å²) in [5.41, 5.74) is 3.24. The Labute approximate surface area is 139 Å². The van der Waals surface area contributed by atoms with Crippen LogP contribution in [0.5, 0.6) is 0 Å². The third-order valence-electron chi connectivity index (χ3n) is 3.71. The molecular weight excluding hydrogens is 306 g/mol. The van der Waals surface area contributed by atoms with Crippen LogP contribution in [-0.2, 0) is 9.53 Å². The molecule has 0 saturated carbocycles. The Morgan fingerprint density at radius 3 is 2.46 bits per heavy atom. The number of rotatable bonds is 4. The third kappa shape index (κ3) is 3.30. The maximum atomic E-state index is 12.0. The maximum Gasteiger partial charge on any atom is 0.374 e. The number of fused-ring (bicyclic) bond motifs is 1. The van der Waals surface area contributed by atoms with Gasteiger partial charge in [-0.05, 0) is 37.1 Å². The van der Waals surface area contributed by atoms with Gasteiger partial charge in [0.25, 0.3) is 5.91 Å². The number of nitrogens with one attached hydrogen (secondary N) is 1. The third-order valence-corrected chi connectivity index (χ3v) is 3.71. The van der Waals surface area contributed by atoms with E-state index in [0.29, 0.717) is 5.58 Å². The van der Waals surface area contributed by atoms with Crippen molar-refractivity contribution in [1.29, 1.82) is 0 Å². The molecule has 1 N–H and O–H groups in total. The summed E-state index contributed by atoms with van der Waals surface area (Å²) in [4.78, 5) is 24.0. The molecule has 1 amide bonds. The number of hydrogen-bond donors (Lipinski definition) is 1. The highest BCUT2D eigenvalue weighted by molar-refractivity contribution is 5.97. The van der Waals surface area contributed by atoms with E-state index in [4.69, 9.17) is 9.15 Å². The summed E-state index contributed by atoms with van der Waals surface area (Å²) < 4.78 is 10.4. The zero-order valence-corrected chi connectivity index (χ0v) is 13.5. The molecule has 0 saturated heterocycles. The minimum atomic E-state index is -0.664. The maximum absolute atomic E-state index is 12.0. The van der Waals surface area contributed by atoms with Gasteiger partial charge < -0.3 is 14.5 Å². The van der Waals surface area contributed by atoms with Gasteiger partial charge in [0.05, 0.1) is 0 Å². The molecule has 1 aromatic heterocycles. The number of amides is 1. The number of anilines is 1. The number of hydrogen-bond acceptors (Lipinski definition) is 4. The molecule has 0 bridgehead atoms. The smallest absolute Gasteiger partial charge is 0.374 e. The Morgan fingerprint density at radius 2 is 1.75 bits per heavy atom. The molecule has 5 heteroatoms. The first kappa shape index (κ1) is 15.8. The van der Waals surface area contributed by atoms with Gasteiger partial charge in [-0.1, -0.05) is 36.4 Å². The molecule has 3 rings (SSSR count). The van der Waals surface area contributed by atoms with Crippen molar-refractivity contribution in [2.24, 2.45) is 0 Å². The van der Waals surface area contributed by atoms with Crippen molar-refractivity contribution in [3.05, 3.63) is 65.4 Å². The molecule has 3 aromatic rings. The van der Waals surface area contributed by atoms with Crippen LogP contribution in [0, 0.1) is 13.8 Å². The van der Waals surface area contributed by atoms with Crippen molar-refractivity contribution >= 4 is 28.5 Å². The van der Waals surface area contributed by atoms with Gasteiger partial charge in [0.15, 0.2) is 6.61 Å². The standard InChI is InChI=1S/C19H17NO4/c1-12-6-5-7-13(2)18(12)20-17(21)11-23-19(22)16-10-14-8-3-4-9-15(14)24-16/h3-10H,11H2,1-2H3,(H,20,21). The van der Waals surface area contributed by atoms with E-state index in [2.05, 4.69) is 5.32 Å². The first-order valence-corrected chi connectivity index (χ1v) is 7.56. The molecule has 0 aliphatic heterocycles. The van der Waals surface area contributed by atoms with Gasteiger partial charge >= 0.3 is 5.97 Å². The molecule has 0 radical (unpaired) electrons. The summed E-state index contributed by atoms with van der Waals surface area (Å²) in [6.07, 6.45) is 0. The molecule has 0 fully saturated rings. The van der Waals surface area contributed by atoms with E-state index >= 15 is 0 Å². The van der Waals surface area contributed by atoms with E-state index in [9.17, 15) is 9.59 Å². The lowest BCUT2D eigenvalue weighted by atomic mass is 10.1. The average Bonchev–Trinajstić information content (AvgIpc) is 3.00. The van der Waals surface area contributed by atoms with Crippen LogP contribution in [0.4, 0.5) is 5.69 Å². The molecule has 2 aromatic carbocycles. The van der Waals surface area contributed by atoms with E-state index in [-0.39, 0.29) is 12.4 Å². The summed E-state index contributed by atoms with van der Waals surface area (Å²) in [5.74, 6) is -0.976. The zero-order chi connectivity index (χ0) is 17.1. The van der Waals surface area contributed by atoms with Crippen LogP contribution in [-0.4, -0.2) is 18.5 Å². The van der Waals surface area contributed by atoms with E-state index in [1.165, 1.54) is 0 Å². The van der Waals surface area contributed by atoms with Gasteiger partial charge in [-0.2, -0.15) is 0 Å². The molecule has 5 nitrogen and oxygen atoms in total. The van der Waals surface area contributed by atoms with Crippen LogP contribution < -0.4 is 5.32 Å². The van der Waals surface area contributed by atoms with Crippen LogP contribution in [0.2, 0.25) is 0 Å². The van der Waals surface area contributed by atoms with E-state index < -0.39 is 11.9 Å². The van der Waals surface area contributed by atoms with E-state index in [1.54, 1.807) is 12.1 Å². The molecule has 0 aliphatic carbocycles. The van der Waals surface area contributed by atoms with Crippen LogP contribution in [0.1, 0.15) is 21.7 Å². The molecule has 0 spiro atoms. The normalized spacial score (nSPS) is 10.6. The fourth-order valence-electron chi connectivity index (χ4n) is 2.47. The number of ether oxygens (including phenoxy) is 1. The molecule has 24 heavy (non-hydrogen) atoms. The number of para-hydroxylation sites is 2. The Balaban J connectivity index is 1.62. The summed E-state index contributed by atoms with van der Waals surface area (Å²) in [6, 6.07) is 14.6. The lowest BCUT2D eigenvalue weighted by Gasteiger charge is -2.11. The number of carbonyl (C=O) groups excluding carboxylic acids is 2. The fourth-order valence-corrected chi connectivity index (χ4v) is 2.47. The van der Waals surface area contributed by atoms with Crippen molar-refractivity contribution in [3.8, 4) is 0 Å². The molecule has 0 unspecified atom stereocenters. The van der Waals surface area contributed by atoms with Gasteiger partial charge in [0, 0.05) is 11.1 Å². The van der Waals surface area contributed by atoms with Crippen LogP contribution >= 0.6 is 0 Å². The summed E-state index contributed by atoms with van der Waals surface area (Å²) in [6.45, 7) is 3.44. The molecular formula is C19H17NO4. The van der Waals surface area contributed by atoms with Crippen LogP contribution in [0.15, 0.2) is 52.9 Å². The Bertz CT molecular complexity index is 857. The monoisotopic (exact) mass is 323 g/mol. The quantitative estimate of drug-likeness (QED) is 0.741. The van der Waals surface area contributed by atoms with Crippen molar-refractivity contribution in [2.75, 3.05) is 11.9 Å².